The second-order valence-corrected chi connectivity index (χ2v) is 7.33. The van der Waals surface area contributed by atoms with Crippen molar-refractivity contribution in [2.45, 2.75) is 39.8 Å². The number of aryl methyl sites for hydroxylation is 1. The van der Waals surface area contributed by atoms with E-state index in [0.717, 1.165) is 11.1 Å². The Morgan fingerprint density at radius 3 is 2.28 bits per heavy atom. The van der Waals surface area contributed by atoms with Crippen molar-refractivity contribution < 1.29 is 19.1 Å². The minimum atomic E-state index is -0.732. The van der Waals surface area contributed by atoms with E-state index in [1.807, 2.05) is 63.2 Å². The quantitative estimate of drug-likeness (QED) is 0.638. The first-order valence-electron chi connectivity index (χ1n) is 9.70. The van der Waals surface area contributed by atoms with Gasteiger partial charge in [0.15, 0.2) is 0 Å². The van der Waals surface area contributed by atoms with Crippen LogP contribution in [0.4, 0.5) is 0 Å². The summed E-state index contributed by atoms with van der Waals surface area (Å²) in [6.07, 6.45) is 0.461. The predicted molar refractivity (Wildman–Crippen MR) is 111 cm³/mol. The van der Waals surface area contributed by atoms with Crippen LogP contribution in [-0.2, 0) is 20.9 Å². The number of ether oxygens (including phenoxy) is 1. The van der Waals surface area contributed by atoms with E-state index in [1.54, 1.807) is 12.1 Å². The van der Waals surface area contributed by atoms with Crippen LogP contribution in [0.2, 0.25) is 0 Å². The molecule has 29 heavy (non-hydrogen) atoms. The van der Waals surface area contributed by atoms with Gasteiger partial charge in [-0.25, -0.2) is 0 Å². The lowest BCUT2D eigenvalue weighted by Gasteiger charge is -2.20. The molecule has 2 aromatic carbocycles. The molecule has 0 radical (unpaired) electrons. The molecule has 0 aromatic heterocycles. The first-order valence-corrected chi connectivity index (χ1v) is 9.70. The molecule has 0 bridgehead atoms. The van der Waals surface area contributed by atoms with Crippen LogP contribution >= 0.6 is 0 Å². The Morgan fingerprint density at radius 2 is 1.62 bits per heavy atom. The van der Waals surface area contributed by atoms with Crippen molar-refractivity contribution in [1.82, 2.24) is 10.6 Å². The van der Waals surface area contributed by atoms with Gasteiger partial charge in [-0.3, -0.25) is 14.4 Å². The van der Waals surface area contributed by atoms with Gasteiger partial charge in [0.1, 0.15) is 19.2 Å². The summed E-state index contributed by atoms with van der Waals surface area (Å²) in [5, 5.41) is 5.35. The predicted octanol–water partition coefficient (Wildman–Crippen LogP) is 3.00. The summed E-state index contributed by atoms with van der Waals surface area (Å²) in [6, 6.07) is 15.8. The van der Waals surface area contributed by atoms with Gasteiger partial charge in [0.25, 0.3) is 5.91 Å². The molecule has 1 atom stereocenters. The SMILES string of the molecule is Cc1ccccc1C(=O)N[C@@H](CC(C)C)C(=O)NCC(=O)OCc1ccccc1. The van der Waals surface area contributed by atoms with Gasteiger partial charge >= 0.3 is 5.97 Å². The number of esters is 1. The minimum absolute atomic E-state index is 0.148. The molecular weight excluding hydrogens is 368 g/mol. The standard InChI is InChI=1S/C23H28N2O4/c1-16(2)13-20(25-22(27)19-12-8-7-9-17(19)3)23(28)24-14-21(26)29-15-18-10-5-4-6-11-18/h4-12,16,20H,13-15H2,1-3H3,(H,24,28)(H,25,27)/t20-/m0/s1. The van der Waals surface area contributed by atoms with Crippen molar-refractivity contribution in [2.24, 2.45) is 5.92 Å². The number of benzene rings is 2. The van der Waals surface area contributed by atoms with E-state index in [2.05, 4.69) is 10.6 Å². The van der Waals surface area contributed by atoms with E-state index < -0.39 is 17.9 Å². The molecule has 2 N–H and O–H groups in total. The van der Waals surface area contributed by atoms with E-state index in [4.69, 9.17) is 4.74 Å². The molecule has 0 saturated heterocycles. The summed E-state index contributed by atoms with van der Waals surface area (Å²) in [4.78, 5) is 37.1. The average molecular weight is 396 g/mol. The number of rotatable bonds is 9. The minimum Gasteiger partial charge on any atom is -0.460 e. The molecule has 0 aliphatic carbocycles. The highest BCUT2D eigenvalue weighted by atomic mass is 16.5. The number of nitrogens with one attached hydrogen (secondary N) is 2. The van der Waals surface area contributed by atoms with Crippen molar-refractivity contribution in [2.75, 3.05) is 6.54 Å². The maximum absolute atomic E-state index is 12.6. The van der Waals surface area contributed by atoms with Crippen LogP contribution in [0.1, 0.15) is 41.8 Å². The second-order valence-electron chi connectivity index (χ2n) is 7.33. The van der Waals surface area contributed by atoms with Crippen LogP contribution in [0.3, 0.4) is 0 Å². The van der Waals surface area contributed by atoms with Crippen LogP contribution in [0.15, 0.2) is 54.6 Å². The van der Waals surface area contributed by atoms with Crippen molar-refractivity contribution >= 4 is 17.8 Å². The first-order chi connectivity index (χ1) is 13.9. The van der Waals surface area contributed by atoms with E-state index in [1.165, 1.54) is 0 Å². The van der Waals surface area contributed by atoms with Crippen molar-refractivity contribution in [3.8, 4) is 0 Å². The molecule has 6 heteroatoms. The maximum atomic E-state index is 12.6. The Bertz CT molecular complexity index is 834. The zero-order chi connectivity index (χ0) is 21.2. The molecule has 0 spiro atoms. The molecule has 154 valence electrons. The summed E-state index contributed by atoms with van der Waals surface area (Å²) in [6.45, 7) is 5.67. The molecule has 2 amide bonds. The van der Waals surface area contributed by atoms with Crippen molar-refractivity contribution in [1.29, 1.82) is 0 Å². The summed E-state index contributed by atoms with van der Waals surface area (Å²) in [5.41, 5.74) is 2.23. The van der Waals surface area contributed by atoms with Crippen LogP contribution in [0.25, 0.3) is 0 Å². The Hall–Kier alpha value is -3.15. The zero-order valence-electron chi connectivity index (χ0n) is 17.1. The number of carbonyl (C=O) groups excluding carboxylic acids is 3. The fourth-order valence-electron chi connectivity index (χ4n) is 2.84. The molecule has 6 nitrogen and oxygen atoms in total. The number of amides is 2. The lowest BCUT2D eigenvalue weighted by Crippen LogP contribution is -2.48. The van der Waals surface area contributed by atoms with Crippen molar-refractivity contribution in [3.63, 3.8) is 0 Å². The zero-order valence-corrected chi connectivity index (χ0v) is 17.1. The third-order valence-electron chi connectivity index (χ3n) is 4.37. The molecule has 0 aliphatic heterocycles. The van der Waals surface area contributed by atoms with Gasteiger partial charge in [0, 0.05) is 5.56 Å². The van der Waals surface area contributed by atoms with Crippen molar-refractivity contribution in [3.05, 3.63) is 71.3 Å². The van der Waals surface area contributed by atoms with Gasteiger partial charge in [0.05, 0.1) is 0 Å². The third-order valence-corrected chi connectivity index (χ3v) is 4.37. The molecule has 2 aromatic rings. The highest BCUT2D eigenvalue weighted by Crippen LogP contribution is 2.10. The summed E-state index contributed by atoms with van der Waals surface area (Å²) >= 11 is 0. The van der Waals surface area contributed by atoms with Crippen LogP contribution < -0.4 is 10.6 Å². The molecule has 0 saturated carbocycles. The smallest absolute Gasteiger partial charge is 0.325 e. The van der Waals surface area contributed by atoms with E-state index in [9.17, 15) is 14.4 Å². The fraction of sp³-hybridized carbons (Fsp3) is 0.348. The Kier molecular flexibility index (Phi) is 8.40. The highest BCUT2D eigenvalue weighted by molar-refractivity contribution is 5.98. The lowest BCUT2D eigenvalue weighted by molar-refractivity contribution is -0.145. The summed E-state index contributed by atoms with van der Waals surface area (Å²) in [5.74, 6) is -1.06. The Morgan fingerprint density at radius 1 is 0.966 bits per heavy atom. The summed E-state index contributed by atoms with van der Waals surface area (Å²) < 4.78 is 5.16. The lowest BCUT2D eigenvalue weighted by atomic mass is 10.0. The normalized spacial score (nSPS) is 11.6. The van der Waals surface area contributed by atoms with E-state index in [0.29, 0.717) is 12.0 Å². The monoisotopic (exact) mass is 396 g/mol. The first kappa shape index (κ1) is 22.1. The van der Waals surface area contributed by atoms with E-state index >= 15 is 0 Å². The topological polar surface area (TPSA) is 84.5 Å². The number of hydrogen-bond donors (Lipinski definition) is 2. The van der Waals surface area contributed by atoms with Gasteiger partial charge in [-0.05, 0) is 36.5 Å². The molecule has 0 heterocycles. The number of hydrogen-bond acceptors (Lipinski definition) is 4. The Labute approximate surface area is 171 Å². The van der Waals surface area contributed by atoms with Crippen LogP contribution in [0, 0.1) is 12.8 Å². The highest BCUT2D eigenvalue weighted by Gasteiger charge is 2.23. The molecule has 0 unspecified atom stereocenters. The van der Waals surface area contributed by atoms with Gasteiger partial charge in [-0.1, -0.05) is 62.4 Å². The second kappa shape index (κ2) is 11.0. The van der Waals surface area contributed by atoms with Gasteiger partial charge in [-0.15, -0.1) is 0 Å². The molecule has 0 fully saturated rings. The molecule has 0 aliphatic rings. The third kappa shape index (κ3) is 7.41. The van der Waals surface area contributed by atoms with Gasteiger partial charge < -0.3 is 15.4 Å². The largest absolute Gasteiger partial charge is 0.460 e. The van der Waals surface area contributed by atoms with Gasteiger partial charge in [-0.2, -0.15) is 0 Å². The fourth-order valence-corrected chi connectivity index (χ4v) is 2.84. The van der Waals surface area contributed by atoms with Crippen LogP contribution in [0.5, 0.6) is 0 Å². The van der Waals surface area contributed by atoms with Crippen LogP contribution in [-0.4, -0.2) is 30.4 Å². The maximum Gasteiger partial charge on any atom is 0.325 e. The molecule has 2 rings (SSSR count). The summed E-state index contributed by atoms with van der Waals surface area (Å²) in [7, 11) is 0. The average Bonchev–Trinajstić information content (AvgIpc) is 2.70. The molecular formula is C23H28N2O4. The van der Waals surface area contributed by atoms with E-state index in [-0.39, 0.29) is 25.0 Å². The number of carbonyl (C=O) groups is 3. The van der Waals surface area contributed by atoms with Gasteiger partial charge in [0.2, 0.25) is 5.91 Å². The Balaban J connectivity index is 1.90.